The first-order valence-corrected chi connectivity index (χ1v) is 15.3. The van der Waals surface area contributed by atoms with Crippen molar-refractivity contribution in [3.8, 4) is 22.5 Å². The Bertz CT molecular complexity index is 1220. The molecule has 0 radical (unpaired) electrons. The maximum atomic E-state index is 12.3. The summed E-state index contributed by atoms with van der Waals surface area (Å²) in [5.41, 5.74) is 3.75. The van der Waals surface area contributed by atoms with Crippen LogP contribution in [0.1, 0.15) is 44.9 Å². The Morgan fingerprint density at radius 2 is 1.00 bits per heavy atom. The average Bonchev–Trinajstić information content (AvgIpc) is 3.54. The van der Waals surface area contributed by atoms with Crippen LogP contribution in [0.25, 0.3) is 22.5 Å². The van der Waals surface area contributed by atoms with Crippen LogP contribution in [-0.4, -0.2) is 21.8 Å². The molecule has 0 aliphatic heterocycles. The van der Waals surface area contributed by atoms with Crippen molar-refractivity contribution in [3.05, 3.63) is 68.2 Å². The minimum Gasteiger partial charge on any atom is -0.302 e. The van der Waals surface area contributed by atoms with Crippen molar-refractivity contribution in [3.63, 3.8) is 0 Å². The second-order valence-electron chi connectivity index (χ2n) is 8.45. The van der Waals surface area contributed by atoms with Crippen molar-refractivity contribution in [2.75, 3.05) is 10.6 Å². The molecule has 0 unspecified atom stereocenters. The molecule has 2 aromatic carbocycles. The number of hydrogen-bond acceptors (Lipinski definition) is 6. The summed E-state index contributed by atoms with van der Waals surface area (Å²) < 4.78 is 2.04. The van der Waals surface area contributed by atoms with Gasteiger partial charge in [-0.25, -0.2) is 9.97 Å². The van der Waals surface area contributed by atoms with E-state index >= 15 is 0 Å². The highest BCUT2D eigenvalue weighted by Crippen LogP contribution is 2.27. The predicted molar refractivity (Wildman–Crippen MR) is 160 cm³/mol. The van der Waals surface area contributed by atoms with Crippen molar-refractivity contribution < 1.29 is 9.59 Å². The van der Waals surface area contributed by atoms with E-state index in [4.69, 9.17) is 0 Å². The number of aromatic nitrogens is 2. The Labute approximate surface area is 241 Å². The van der Waals surface area contributed by atoms with Gasteiger partial charge in [0.1, 0.15) is 0 Å². The molecule has 2 amide bonds. The lowest BCUT2D eigenvalue weighted by molar-refractivity contribution is -0.117. The molecule has 0 saturated heterocycles. The number of carbonyl (C=O) groups excluding carboxylic acids is 2. The van der Waals surface area contributed by atoms with Gasteiger partial charge in [0.05, 0.1) is 11.4 Å². The van der Waals surface area contributed by atoms with Gasteiger partial charge >= 0.3 is 0 Å². The molecule has 0 spiro atoms. The highest BCUT2D eigenvalue weighted by molar-refractivity contribution is 9.10. The number of amides is 2. The third-order valence-electron chi connectivity index (χ3n) is 5.59. The SMILES string of the molecule is O=C(CCCCCCCC(=O)Nc1nc(-c2ccc(Br)cc2)cs1)Nc1nc(-c2ccc(Br)cc2)cs1. The zero-order chi connectivity index (χ0) is 26.0. The molecule has 2 heterocycles. The highest BCUT2D eigenvalue weighted by Gasteiger charge is 2.10. The number of unbranched alkanes of at least 4 members (excludes halogenated alkanes) is 4. The van der Waals surface area contributed by atoms with Gasteiger partial charge in [0, 0.05) is 43.7 Å². The van der Waals surface area contributed by atoms with Gasteiger partial charge in [0.2, 0.25) is 11.8 Å². The van der Waals surface area contributed by atoms with Crippen LogP contribution in [-0.2, 0) is 9.59 Å². The molecular formula is C27H26Br2N4O2S2. The Balaban J connectivity index is 1.07. The zero-order valence-electron chi connectivity index (χ0n) is 20.0. The third kappa shape index (κ3) is 8.84. The smallest absolute Gasteiger partial charge is 0.226 e. The second kappa shape index (κ2) is 13.9. The molecule has 4 rings (SSSR count). The van der Waals surface area contributed by atoms with E-state index in [1.165, 1.54) is 22.7 Å². The van der Waals surface area contributed by atoms with E-state index in [1.54, 1.807) is 0 Å². The minimum absolute atomic E-state index is 0.0120. The molecule has 0 bridgehead atoms. The van der Waals surface area contributed by atoms with E-state index in [-0.39, 0.29) is 11.8 Å². The van der Waals surface area contributed by atoms with Crippen LogP contribution in [0.15, 0.2) is 68.2 Å². The average molecular weight is 662 g/mol. The number of nitrogens with zero attached hydrogens (tertiary/aromatic N) is 2. The monoisotopic (exact) mass is 660 g/mol. The number of hydrogen-bond donors (Lipinski definition) is 2. The lowest BCUT2D eigenvalue weighted by atomic mass is 10.1. The molecule has 0 atom stereocenters. The Hall–Kier alpha value is -2.40. The van der Waals surface area contributed by atoms with Gasteiger partial charge in [-0.3, -0.25) is 9.59 Å². The summed E-state index contributed by atoms with van der Waals surface area (Å²) in [6.07, 6.45) is 5.50. The van der Waals surface area contributed by atoms with Gasteiger partial charge in [-0.1, -0.05) is 75.4 Å². The van der Waals surface area contributed by atoms with Gasteiger partial charge in [-0.05, 0) is 37.1 Å². The fourth-order valence-corrected chi connectivity index (χ4v) is 5.63. The minimum atomic E-state index is -0.0120. The molecule has 4 aromatic rings. The highest BCUT2D eigenvalue weighted by atomic mass is 79.9. The Kier molecular flexibility index (Phi) is 10.4. The Morgan fingerprint density at radius 1 is 0.622 bits per heavy atom. The number of rotatable bonds is 12. The summed E-state index contributed by atoms with van der Waals surface area (Å²) >= 11 is 9.73. The van der Waals surface area contributed by atoms with Gasteiger partial charge in [0.25, 0.3) is 0 Å². The number of anilines is 2. The largest absolute Gasteiger partial charge is 0.302 e. The number of benzene rings is 2. The molecule has 2 aromatic heterocycles. The van der Waals surface area contributed by atoms with Crippen LogP contribution in [0, 0.1) is 0 Å². The lowest BCUT2D eigenvalue weighted by Crippen LogP contribution is -2.11. The lowest BCUT2D eigenvalue weighted by Gasteiger charge is -2.04. The van der Waals surface area contributed by atoms with Crippen molar-refractivity contribution in [1.29, 1.82) is 0 Å². The van der Waals surface area contributed by atoms with Crippen LogP contribution >= 0.6 is 54.5 Å². The predicted octanol–water partition coefficient (Wildman–Crippen LogP) is 8.77. The zero-order valence-corrected chi connectivity index (χ0v) is 24.8. The summed E-state index contributed by atoms with van der Waals surface area (Å²) in [4.78, 5) is 33.5. The van der Waals surface area contributed by atoms with Crippen molar-refractivity contribution in [2.45, 2.75) is 44.9 Å². The van der Waals surface area contributed by atoms with Crippen LogP contribution in [0.4, 0.5) is 10.3 Å². The van der Waals surface area contributed by atoms with E-state index in [0.717, 1.165) is 63.6 Å². The fraction of sp³-hybridized carbons (Fsp3) is 0.259. The van der Waals surface area contributed by atoms with E-state index in [0.29, 0.717) is 23.1 Å². The van der Waals surface area contributed by atoms with E-state index in [9.17, 15) is 9.59 Å². The first-order valence-electron chi connectivity index (χ1n) is 12.0. The fourth-order valence-electron chi connectivity index (χ4n) is 3.63. The molecule has 192 valence electrons. The van der Waals surface area contributed by atoms with Crippen LogP contribution in [0.5, 0.6) is 0 Å². The van der Waals surface area contributed by atoms with Crippen LogP contribution in [0.3, 0.4) is 0 Å². The first-order chi connectivity index (χ1) is 18.0. The maximum absolute atomic E-state index is 12.3. The topological polar surface area (TPSA) is 84.0 Å². The first kappa shape index (κ1) is 27.6. The van der Waals surface area contributed by atoms with Crippen molar-refractivity contribution >= 4 is 76.6 Å². The number of carbonyl (C=O) groups is 2. The van der Waals surface area contributed by atoms with Crippen molar-refractivity contribution in [2.24, 2.45) is 0 Å². The summed E-state index contributed by atoms with van der Waals surface area (Å²) in [7, 11) is 0. The van der Waals surface area contributed by atoms with E-state index in [2.05, 4.69) is 52.5 Å². The quantitative estimate of drug-likeness (QED) is 0.149. The number of nitrogens with one attached hydrogen (secondary N) is 2. The summed E-state index contributed by atoms with van der Waals surface area (Å²) in [6.45, 7) is 0. The van der Waals surface area contributed by atoms with Gasteiger partial charge in [-0.15, -0.1) is 22.7 Å². The molecule has 0 fully saturated rings. The van der Waals surface area contributed by atoms with E-state index in [1.807, 2.05) is 59.3 Å². The summed E-state index contributed by atoms with van der Waals surface area (Å²) in [5.74, 6) is -0.0240. The van der Waals surface area contributed by atoms with Crippen molar-refractivity contribution in [1.82, 2.24) is 9.97 Å². The molecule has 37 heavy (non-hydrogen) atoms. The molecular weight excluding hydrogens is 636 g/mol. The third-order valence-corrected chi connectivity index (χ3v) is 8.16. The van der Waals surface area contributed by atoms with Gasteiger partial charge in [-0.2, -0.15) is 0 Å². The number of halogens is 2. The summed E-state index contributed by atoms with van der Waals surface area (Å²) in [6, 6.07) is 15.9. The molecule has 6 nitrogen and oxygen atoms in total. The molecule has 0 saturated carbocycles. The Morgan fingerprint density at radius 3 is 1.41 bits per heavy atom. The maximum Gasteiger partial charge on any atom is 0.226 e. The summed E-state index contributed by atoms with van der Waals surface area (Å²) in [5, 5.41) is 10.9. The molecule has 0 aliphatic carbocycles. The van der Waals surface area contributed by atoms with Crippen LogP contribution < -0.4 is 10.6 Å². The standard InChI is InChI=1S/C27H26Br2N4O2S2/c28-20-12-8-18(9-13-20)22-16-36-26(30-22)32-24(34)6-4-2-1-3-5-7-25(35)33-27-31-23(17-37-27)19-10-14-21(29)15-11-19/h8-17H,1-7H2,(H,30,32,34)(H,31,33,35). The van der Waals surface area contributed by atoms with Gasteiger partial charge < -0.3 is 10.6 Å². The number of thiazole rings is 2. The molecule has 0 aliphatic rings. The van der Waals surface area contributed by atoms with Crippen LogP contribution in [0.2, 0.25) is 0 Å². The van der Waals surface area contributed by atoms with Gasteiger partial charge in [0.15, 0.2) is 10.3 Å². The molecule has 2 N–H and O–H groups in total. The van der Waals surface area contributed by atoms with E-state index < -0.39 is 0 Å². The second-order valence-corrected chi connectivity index (χ2v) is 12.0. The molecule has 10 heteroatoms. The normalized spacial score (nSPS) is 10.9.